The molecule has 37 heavy (non-hydrogen) atoms. The molecule has 2 saturated heterocycles. The Labute approximate surface area is 218 Å². The van der Waals surface area contributed by atoms with Crippen molar-refractivity contribution < 1.29 is 26.4 Å². The predicted octanol–water partition coefficient (Wildman–Crippen LogP) is 4.55. The zero-order valence-electron chi connectivity index (χ0n) is 20.9. The van der Waals surface area contributed by atoms with E-state index < -0.39 is 27.3 Å². The van der Waals surface area contributed by atoms with Crippen LogP contribution in [0.4, 0.5) is 19.1 Å². The molecule has 2 aromatic heterocycles. The number of hydrogen-bond acceptors (Lipinski definition) is 7. The van der Waals surface area contributed by atoms with Gasteiger partial charge in [0.25, 0.3) is 5.91 Å². The van der Waals surface area contributed by atoms with Gasteiger partial charge in [-0.2, -0.15) is 13.2 Å². The normalized spacial score (nSPS) is 23.4. The minimum Gasteiger partial charge on any atom is -0.351 e. The molecular weight excluding hydrogens is 527 g/mol. The number of carbonyl (C=O) groups is 1. The number of fused-ring (bicyclic) bond motifs is 3. The third-order valence-electron chi connectivity index (χ3n) is 7.81. The lowest BCUT2D eigenvalue weighted by Gasteiger charge is -2.45. The molecule has 0 unspecified atom stereocenters. The molecule has 0 saturated carbocycles. The molecule has 8 nitrogen and oxygen atoms in total. The summed E-state index contributed by atoms with van der Waals surface area (Å²) in [5.41, 5.74) is -1.21. The second-order valence-electron chi connectivity index (χ2n) is 10.4. The van der Waals surface area contributed by atoms with Crippen molar-refractivity contribution in [1.29, 1.82) is 0 Å². The van der Waals surface area contributed by atoms with Gasteiger partial charge < -0.3 is 10.2 Å². The van der Waals surface area contributed by atoms with Gasteiger partial charge >= 0.3 is 6.18 Å². The van der Waals surface area contributed by atoms with E-state index in [9.17, 15) is 26.4 Å². The molecule has 2 aromatic rings. The molecule has 1 atom stereocenters. The Hall–Kier alpha value is -2.25. The van der Waals surface area contributed by atoms with E-state index in [0.29, 0.717) is 42.9 Å². The summed E-state index contributed by atoms with van der Waals surface area (Å²) in [6.07, 6.45) is 0.923. The van der Waals surface area contributed by atoms with Crippen molar-refractivity contribution in [1.82, 2.24) is 19.2 Å². The van der Waals surface area contributed by atoms with Crippen LogP contribution in [0.3, 0.4) is 0 Å². The average molecular weight is 558 g/mol. The molecular formula is C24H30F3N5O3S2. The minimum atomic E-state index is -4.67. The molecule has 0 bridgehead atoms. The molecule has 5 heterocycles. The summed E-state index contributed by atoms with van der Waals surface area (Å²) in [6, 6.07) is 1.40. The number of thiophene rings is 1. The van der Waals surface area contributed by atoms with Crippen molar-refractivity contribution in [3.8, 4) is 10.6 Å². The van der Waals surface area contributed by atoms with Crippen LogP contribution >= 0.6 is 11.3 Å². The zero-order valence-corrected chi connectivity index (χ0v) is 22.6. The van der Waals surface area contributed by atoms with Crippen molar-refractivity contribution >= 4 is 33.2 Å². The molecule has 0 aliphatic carbocycles. The monoisotopic (exact) mass is 557 g/mol. The Morgan fingerprint density at radius 2 is 1.89 bits per heavy atom. The number of alkyl halides is 3. The molecule has 0 spiro atoms. The van der Waals surface area contributed by atoms with Crippen molar-refractivity contribution in [3.05, 3.63) is 28.3 Å². The number of amides is 1. The summed E-state index contributed by atoms with van der Waals surface area (Å²) in [4.78, 5) is 24.6. The fraction of sp³-hybridized carbons (Fsp3) is 0.625. The van der Waals surface area contributed by atoms with Crippen LogP contribution in [0.1, 0.15) is 66.8 Å². The number of rotatable bonds is 5. The van der Waals surface area contributed by atoms with Gasteiger partial charge in [-0.25, -0.2) is 22.7 Å². The number of nitrogens with one attached hydrogen (secondary N) is 1. The lowest BCUT2D eigenvalue weighted by molar-refractivity contribution is -0.137. The van der Waals surface area contributed by atoms with Crippen LogP contribution in [-0.2, 0) is 21.7 Å². The highest BCUT2D eigenvalue weighted by molar-refractivity contribution is 7.88. The van der Waals surface area contributed by atoms with Gasteiger partial charge in [-0.15, -0.1) is 11.3 Å². The summed E-state index contributed by atoms with van der Waals surface area (Å²) in [6.45, 7) is 5.41. The van der Waals surface area contributed by atoms with Gasteiger partial charge in [0, 0.05) is 36.8 Å². The summed E-state index contributed by atoms with van der Waals surface area (Å²) in [5, 5.41) is 3.09. The lowest BCUT2D eigenvalue weighted by atomic mass is 9.78. The summed E-state index contributed by atoms with van der Waals surface area (Å²) >= 11 is 1.23. The van der Waals surface area contributed by atoms with Gasteiger partial charge in [0.05, 0.1) is 27.9 Å². The topological polar surface area (TPSA) is 95.5 Å². The second kappa shape index (κ2) is 9.19. The smallest absolute Gasteiger partial charge is 0.351 e. The first-order valence-electron chi connectivity index (χ1n) is 12.4. The lowest BCUT2D eigenvalue weighted by Crippen LogP contribution is -2.50. The molecule has 1 amide bonds. The second-order valence-corrected chi connectivity index (χ2v) is 13.4. The van der Waals surface area contributed by atoms with E-state index in [1.807, 2.05) is 4.90 Å². The van der Waals surface area contributed by atoms with Crippen molar-refractivity contribution in [2.75, 3.05) is 31.2 Å². The van der Waals surface area contributed by atoms with E-state index in [0.717, 1.165) is 36.6 Å². The number of halogens is 3. The van der Waals surface area contributed by atoms with Crippen molar-refractivity contribution in [2.24, 2.45) is 5.92 Å². The van der Waals surface area contributed by atoms with Crippen molar-refractivity contribution in [2.45, 2.75) is 63.7 Å². The number of anilines is 1. The highest BCUT2D eigenvalue weighted by Crippen LogP contribution is 2.54. The SMILES string of the molecule is CC(C)[C@]12CCCCN1C(=O)c1cc(-c3nc(NC4CCN(S(C)(=O)=O)CC4)ncc3C(F)(F)F)sc12. The fourth-order valence-electron chi connectivity index (χ4n) is 5.87. The Balaban J connectivity index is 1.49. The predicted molar refractivity (Wildman–Crippen MR) is 135 cm³/mol. The number of piperidine rings is 2. The summed E-state index contributed by atoms with van der Waals surface area (Å²) in [5.74, 6) is 0.0510. The highest BCUT2D eigenvalue weighted by Gasteiger charge is 2.54. The van der Waals surface area contributed by atoms with Crippen LogP contribution in [-0.4, -0.2) is 65.4 Å². The van der Waals surface area contributed by atoms with Crippen LogP contribution in [0.2, 0.25) is 0 Å². The number of carbonyl (C=O) groups excluding carboxylic acids is 1. The maximum absolute atomic E-state index is 14.0. The highest BCUT2D eigenvalue weighted by atomic mass is 32.2. The van der Waals surface area contributed by atoms with E-state index >= 15 is 0 Å². The van der Waals surface area contributed by atoms with Crippen LogP contribution in [0.25, 0.3) is 10.6 Å². The first-order valence-corrected chi connectivity index (χ1v) is 15.1. The maximum Gasteiger partial charge on any atom is 0.420 e. The van der Waals surface area contributed by atoms with E-state index in [4.69, 9.17) is 0 Å². The number of sulfonamides is 1. The maximum atomic E-state index is 14.0. The Kier molecular flexibility index (Phi) is 6.55. The van der Waals surface area contributed by atoms with Crippen molar-refractivity contribution in [3.63, 3.8) is 0 Å². The standard InChI is InChI=1S/C24H30F3N5O3S2/c1-14(2)23-8-4-5-9-32(23)21(33)16-12-18(36-20(16)23)19-17(24(25,26)27)13-28-22(30-19)29-15-6-10-31(11-7-15)37(3,34)35/h12-15H,4-11H2,1-3H3,(H,28,29,30)/t23-/m0/s1. The molecule has 0 radical (unpaired) electrons. The quantitative estimate of drug-likeness (QED) is 0.580. The van der Waals surface area contributed by atoms with Gasteiger partial charge in [0.2, 0.25) is 16.0 Å². The van der Waals surface area contributed by atoms with Crippen LogP contribution in [0.5, 0.6) is 0 Å². The summed E-state index contributed by atoms with van der Waals surface area (Å²) in [7, 11) is -3.29. The number of aromatic nitrogens is 2. The van der Waals surface area contributed by atoms with Gasteiger partial charge in [-0.1, -0.05) is 13.8 Å². The van der Waals surface area contributed by atoms with Crippen LogP contribution in [0, 0.1) is 5.92 Å². The third-order valence-corrected chi connectivity index (χ3v) is 10.4. The summed E-state index contributed by atoms with van der Waals surface area (Å²) < 4.78 is 66.9. The number of hydrogen-bond donors (Lipinski definition) is 1. The first kappa shape index (κ1) is 26.4. The first-order chi connectivity index (χ1) is 17.3. The molecule has 0 aromatic carbocycles. The van der Waals surface area contributed by atoms with Crippen LogP contribution in [0.15, 0.2) is 12.3 Å². The van der Waals surface area contributed by atoms with E-state index in [1.54, 1.807) is 6.07 Å². The van der Waals surface area contributed by atoms with Crippen LogP contribution < -0.4 is 5.32 Å². The molecule has 13 heteroatoms. The Bertz CT molecular complexity index is 1320. The fourth-order valence-corrected chi connectivity index (χ4v) is 8.28. The minimum absolute atomic E-state index is 0.0542. The molecule has 202 valence electrons. The van der Waals surface area contributed by atoms with Gasteiger partial charge in [0.15, 0.2) is 0 Å². The van der Waals surface area contributed by atoms with E-state index in [-0.39, 0.29) is 29.5 Å². The molecule has 3 aliphatic heterocycles. The average Bonchev–Trinajstić information content (AvgIpc) is 3.37. The van der Waals surface area contributed by atoms with Gasteiger partial charge in [-0.3, -0.25) is 4.79 Å². The van der Waals surface area contributed by atoms with Gasteiger partial charge in [0.1, 0.15) is 5.56 Å². The molecule has 2 fully saturated rings. The zero-order chi connectivity index (χ0) is 26.8. The van der Waals surface area contributed by atoms with Gasteiger partial charge in [-0.05, 0) is 44.1 Å². The molecule has 1 N–H and O–H groups in total. The number of nitrogens with zero attached hydrogens (tertiary/aromatic N) is 4. The van der Waals surface area contributed by atoms with E-state index in [2.05, 4.69) is 29.1 Å². The largest absolute Gasteiger partial charge is 0.420 e. The van der Waals surface area contributed by atoms with E-state index in [1.165, 1.54) is 15.6 Å². The third kappa shape index (κ3) is 4.52. The Morgan fingerprint density at radius 3 is 2.51 bits per heavy atom. The Morgan fingerprint density at radius 1 is 1.19 bits per heavy atom. The molecule has 3 aliphatic rings. The molecule has 5 rings (SSSR count).